The quantitative estimate of drug-likeness (QED) is 0.625. The fourth-order valence-corrected chi connectivity index (χ4v) is 1.36. The van der Waals surface area contributed by atoms with Gasteiger partial charge in [-0.2, -0.15) is 0 Å². The Labute approximate surface area is 82.9 Å². The summed E-state index contributed by atoms with van der Waals surface area (Å²) < 4.78 is 0. The number of amides is 2. The zero-order valence-corrected chi connectivity index (χ0v) is 8.25. The number of nitrogens with one attached hydrogen (secondary N) is 2. The first-order chi connectivity index (χ1) is 6.63. The summed E-state index contributed by atoms with van der Waals surface area (Å²) in [4.78, 5) is 21.8. The lowest BCUT2D eigenvalue weighted by molar-refractivity contribution is -0.124. The molecule has 0 bridgehead atoms. The monoisotopic (exact) mass is 200 g/mol. The van der Waals surface area contributed by atoms with Crippen molar-refractivity contribution in [3.05, 3.63) is 0 Å². The highest BCUT2D eigenvalue weighted by Crippen LogP contribution is 2.18. The molecule has 0 radical (unpaired) electrons. The molecule has 0 aromatic heterocycles. The van der Waals surface area contributed by atoms with Gasteiger partial charge < -0.3 is 15.7 Å². The van der Waals surface area contributed by atoms with Crippen molar-refractivity contribution in [2.75, 3.05) is 0 Å². The lowest BCUT2D eigenvalue weighted by atomic mass is 9.93. The van der Waals surface area contributed by atoms with Crippen molar-refractivity contribution in [3.8, 4) is 0 Å². The van der Waals surface area contributed by atoms with Gasteiger partial charge in [-0.05, 0) is 25.7 Å². The molecule has 5 heteroatoms. The molecule has 0 aliphatic heterocycles. The van der Waals surface area contributed by atoms with Crippen LogP contribution in [0, 0.1) is 0 Å². The first-order valence-corrected chi connectivity index (χ1v) is 4.93. The normalized spacial score (nSPS) is 18.1. The third kappa shape index (κ3) is 2.90. The average Bonchev–Trinajstić information content (AvgIpc) is 2.06. The van der Waals surface area contributed by atoms with E-state index < -0.39 is 12.1 Å². The Kier molecular flexibility index (Phi) is 3.73. The van der Waals surface area contributed by atoms with Crippen LogP contribution in [0.3, 0.4) is 0 Å². The minimum Gasteiger partial charge on any atom is -0.465 e. The lowest BCUT2D eigenvalue weighted by Crippen LogP contribution is -2.50. The van der Waals surface area contributed by atoms with Gasteiger partial charge in [0.05, 0.1) is 0 Å². The second-order valence-electron chi connectivity index (χ2n) is 3.55. The van der Waals surface area contributed by atoms with Crippen molar-refractivity contribution < 1.29 is 14.7 Å². The molecule has 0 heterocycles. The van der Waals surface area contributed by atoms with Gasteiger partial charge in [-0.15, -0.1) is 0 Å². The van der Waals surface area contributed by atoms with E-state index in [4.69, 9.17) is 5.11 Å². The maximum absolute atomic E-state index is 11.5. The van der Waals surface area contributed by atoms with Crippen molar-refractivity contribution in [2.45, 2.75) is 44.7 Å². The van der Waals surface area contributed by atoms with E-state index >= 15 is 0 Å². The van der Waals surface area contributed by atoms with E-state index in [1.165, 1.54) is 0 Å². The van der Waals surface area contributed by atoms with E-state index in [2.05, 4.69) is 10.6 Å². The van der Waals surface area contributed by atoms with Crippen LogP contribution in [-0.2, 0) is 4.79 Å². The largest absolute Gasteiger partial charge is 0.465 e. The molecule has 2 amide bonds. The Hall–Kier alpha value is -1.26. The van der Waals surface area contributed by atoms with Gasteiger partial charge in [0.15, 0.2) is 0 Å². The summed E-state index contributed by atoms with van der Waals surface area (Å²) in [6.45, 7) is 1.78. The zero-order chi connectivity index (χ0) is 10.6. The summed E-state index contributed by atoms with van der Waals surface area (Å²) in [7, 11) is 0. The predicted molar refractivity (Wildman–Crippen MR) is 51.0 cm³/mol. The highest BCUT2D eigenvalue weighted by atomic mass is 16.4. The standard InChI is InChI=1S/C9H16N2O3/c1-2-7(11-9(13)14)8(12)10-6-4-3-5-6/h6-7,11H,2-5H2,1H3,(H,10,12)(H,13,14). The summed E-state index contributed by atoms with van der Waals surface area (Å²) in [5.74, 6) is -0.209. The molecule has 1 aliphatic carbocycles. The molecule has 5 nitrogen and oxygen atoms in total. The van der Waals surface area contributed by atoms with Crippen LogP contribution in [0.2, 0.25) is 0 Å². The van der Waals surface area contributed by atoms with Crippen LogP contribution in [0.15, 0.2) is 0 Å². The van der Waals surface area contributed by atoms with Gasteiger partial charge in [-0.3, -0.25) is 4.79 Å². The van der Waals surface area contributed by atoms with Crippen molar-refractivity contribution in [1.82, 2.24) is 10.6 Å². The van der Waals surface area contributed by atoms with Gasteiger partial charge in [0.25, 0.3) is 0 Å². The Balaban J connectivity index is 2.34. The number of carbonyl (C=O) groups is 2. The van der Waals surface area contributed by atoms with E-state index in [9.17, 15) is 9.59 Å². The van der Waals surface area contributed by atoms with E-state index in [1.807, 2.05) is 0 Å². The van der Waals surface area contributed by atoms with Crippen LogP contribution in [-0.4, -0.2) is 29.2 Å². The summed E-state index contributed by atoms with van der Waals surface area (Å²) >= 11 is 0. The summed E-state index contributed by atoms with van der Waals surface area (Å²) in [6.07, 6.45) is 2.49. The molecule has 0 aromatic rings. The smallest absolute Gasteiger partial charge is 0.405 e. The number of carboxylic acid groups (broad SMARTS) is 1. The topological polar surface area (TPSA) is 78.4 Å². The van der Waals surface area contributed by atoms with Crippen molar-refractivity contribution in [3.63, 3.8) is 0 Å². The van der Waals surface area contributed by atoms with Crippen molar-refractivity contribution in [2.24, 2.45) is 0 Å². The number of hydrogen-bond donors (Lipinski definition) is 3. The second-order valence-corrected chi connectivity index (χ2v) is 3.55. The number of hydrogen-bond acceptors (Lipinski definition) is 2. The van der Waals surface area contributed by atoms with Gasteiger partial charge in [0, 0.05) is 6.04 Å². The molecule has 1 atom stereocenters. The van der Waals surface area contributed by atoms with Gasteiger partial charge in [0.1, 0.15) is 6.04 Å². The molecule has 1 fully saturated rings. The van der Waals surface area contributed by atoms with E-state index in [1.54, 1.807) is 6.92 Å². The third-order valence-corrected chi connectivity index (χ3v) is 2.47. The highest BCUT2D eigenvalue weighted by Gasteiger charge is 2.24. The third-order valence-electron chi connectivity index (χ3n) is 2.47. The molecule has 3 N–H and O–H groups in total. The number of carbonyl (C=O) groups excluding carboxylic acids is 1. The molecule has 1 aliphatic rings. The highest BCUT2D eigenvalue weighted by molar-refractivity contribution is 5.85. The Morgan fingerprint density at radius 3 is 2.50 bits per heavy atom. The van der Waals surface area contributed by atoms with Crippen LogP contribution >= 0.6 is 0 Å². The Bertz CT molecular complexity index is 226. The molecule has 80 valence electrons. The summed E-state index contributed by atoms with van der Waals surface area (Å²) in [5.41, 5.74) is 0. The Morgan fingerprint density at radius 2 is 2.14 bits per heavy atom. The summed E-state index contributed by atoms with van der Waals surface area (Å²) in [6, 6.07) is -0.361. The van der Waals surface area contributed by atoms with Crippen LogP contribution in [0.4, 0.5) is 4.79 Å². The maximum Gasteiger partial charge on any atom is 0.405 e. The van der Waals surface area contributed by atoms with E-state index in [0.717, 1.165) is 19.3 Å². The molecule has 1 rings (SSSR count). The van der Waals surface area contributed by atoms with E-state index in [0.29, 0.717) is 6.42 Å². The molecule has 0 aromatic carbocycles. The van der Waals surface area contributed by atoms with Crippen LogP contribution < -0.4 is 10.6 Å². The van der Waals surface area contributed by atoms with Crippen LogP contribution in [0.25, 0.3) is 0 Å². The van der Waals surface area contributed by atoms with Gasteiger partial charge in [-0.25, -0.2) is 4.79 Å². The lowest BCUT2D eigenvalue weighted by Gasteiger charge is -2.28. The van der Waals surface area contributed by atoms with Crippen LogP contribution in [0.1, 0.15) is 32.6 Å². The van der Waals surface area contributed by atoms with Gasteiger partial charge >= 0.3 is 6.09 Å². The number of rotatable bonds is 4. The second kappa shape index (κ2) is 4.83. The molecule has 0 saturated heterocycles. The van der Waals surface area contributed by atoms with Crippen molar-refractivity contribution >= 4 is 12.0 Å². The van der Waals surface area contributed by atoms with Crippen molar-refractivity contribution in [1.29, 1.82) is 0 Å². The molecule has 0 spiro atoms. The minimum atomic E-state index is -1.15. The molecule has 1 saturated carbocycles. The van der Waals surface area contributed by atoms with Gasteiger partial charge in [-0.1, -0.05) is 6.92 Å². The SMILES string of the molecule is CCC(NC(=O)O)C(=O)NC1CCC1. The molecule has 1 unspecified atom stereocenters. The fourth-order valence-electron chi connectivity index (χ4n) is 1.36. The fraction of sp³-hybridized carbons (Fsp3) is 0.778. The first-order valence-electron chi connectivity index (χ1n) is 4.93. The Morgan fingerprint density at radius 1 is 1.50 bits per heavy atom. The summed E-state index contributed by atoms with van der Waals surface area (Å²) in [5, 5.41) is 13.5. The van der Waals surface area contributed by atoms with Gasteiger partial charge in [0.2, 0.25) is 5.91 Å². The predicted octanol–water partition coefficient (Wildman–Crippen LogP) is 0.701. The molecular formula is C9H16N2O3. The van der Waals surface area contributed by atoms with Crippen LogP contribution in [0.5, 0.6) is 0 Å². The maximum atomic E-state index is 11.5. The minimum absolute atomic E-state index is 0.209. The zero-order valence-electron chi connectivity index (χ0n) is 8.25. The molecule has 14 heavy (non-hydrogen) atoms. The van der Waals surface area contributed by atoms with E-state index in [-0.39, 0.29) is 11.9 Å². The average molecular weight is 200 g/mol. The molecular weight excluding hydrogens is 184 g/mol. The first kappa shape index (κ1) is 10.8.